The van der Waals surface area contributed by atoms with E-state index in [4.69, 9.17) is 21.1 Å². The van der Waals surface area contributed by atoms with Gasteiger partial charge < -0.3 is 14.8 Å². The van der Waals surface area contributed by atoms with Crippen molar-refractivity contribution in [3.8, 4) is 10.4 Å². The SMILES string of the molecule is CCOC(=O)c1sc(-c2ccc(Cl)cc2)cc1NC(=O)CN1CCC(C(=O)OCC)CC1. The summed E-state index contributed by atoms with van der Waals surface area (Å²) in [4.78, 5) is 40.2. The summed E-state index contributed by atoms with van der Waals surface area (Å²) >= 11 is 7.24. The molecule has 1 aliphatic rings. The standard InChI is InChI=1S/C23H27ClN2O5S/c1-3-30-22(28)16-9-11-26(12-10-16)14-20(27)25-18-13-19(15-5-7-17(24)8-6-15)32-21(18)23(29)31-4-2/h5-8,13,16H,3-4,9-12,14H2,1-2H3,(H,25,27). The molecule has 2 aromatic rings. The summed E-state index contributed by atoms with van der Waals surface area (Å²) < 4.78 is 10.3. The molecule has 1 N–H and O–H groups in total. The van der Waals surface area contributed by atoms with Gasteiger partial charge in [0.25, 0.3) is 0 Å². The number of hydrogen-bond donors (Lipinski definition) is 1. The number of rotatable bonds is 8. The normalized spacial score (nSPS) is 14.7. The van der Waals surface area contributed by atoms with Gasteiger partial charge in [-0.3, -0.25) is 14.5 Å². The molecule has 0 aliphatic carbocycles. The zero-order chi connectivity index (χ0) is 23.1. The first-order valence-corrected chi connectivity index (χ1v) is 11.9. The van der Waals surface area contributed by atoms with Crippen LogP contribution in [0, 0.1) is 5.92 Å². The molecule has 1 amide bonds. The molecule has 0 bridgehead atoms. The van der Waals surface area contributed by atoms with Crippen molar-refractivity contribution in [3.05, 3.63) is 40.2 Å². The summed E-state index contributed by atoms with van der Waals surface area (Å²) in [6, 6.07) is 9.06. The Labute approximate surface area is 196 Å². The van der Waals surface area contributed by atoms with Gasteiger partial charge in [0.2, 0.25) is 5.91 Å². The zero-order valence-corrected chi connectivity index (χ0v) is 19.8. The molecule has 0 saturated carbocycles. The van der Waals surface area contributed by atoms with E-state index in [0.717, 1.165) is 10.4 Å². The van der Waals surface area contributed by atoms with Crippen molar-refractivity contribution in [3.63, 3.8) is 0 Å². The number of ether oxygens (including phenoxy) is 2. The topological polar surface area (TPSA) is 84.9 Å². The molecule has 0 atom stereocenters. The third-order valence-corrected chi connectivity index (χ3v) is 6.59. The van der Waals surface area contributed by atoms with Gasteiger partial charge in [-0.1, -0.05) is 23.7 Å². The molecule has 0 unspecified atom stereocenters. The highest BCUT2D eigenvalue weighted by atomic mass is 35.5. The van der Waals surface area contributed by atoms with Crippen molar-refractivity contribution in [1.82, 2.24) is 4.90 Å². The lowest BCUT2D eigenvalue weighted by atomic mass is 9.97. The molecule has 7 nitrogen and oxygen atoms in total. The van der Waals surface area contributed by atoms with E-state index in [-0.39, 0.29) is 30.9 Å². The molecular weight excluding hydrogens is 452 g/mol. The molecule has 0 spiro atoms. The summed E-state index contributed by atoms with van der Waals surface area (Å²) in [6.45, 7) is 5.62. The van der Waals surface area contributed by atoms with Crippen LogP contribution in [0.2, 0.25) is 5.02 Å². The summed E-state index contributed by atoms with van der Waals surface area (Å²) in [5, 5.41) is 3.49. The second-order valence-corrected chi connectivity index (χ2v) is 8.92. The lowest BCUT2D eigenvalue weighted by Gasteiger charge is -2.30. The van der Waals surface area contributed by atoms with Gasteiger partial charge in [0, 0.05) is 9.90 Å². The molecule has 172 valence electrons. The minimum absolute atomic E-state index is 0.108. The van der Waals surface area contributed by atoms with Gasteiger partial charge in [-0.15, -0.1) is 11.3 Å². The molecule has 0 radical (unpaired) electrons. The van der Waals surface area contributed by atoms with Gasteiger partial charge in [-0.05, 0) is 63.5 Å². The van der Waals surface area contributed by atoms with Crippen molar-refractivity contribution in [2.24, 2.45) is 5.92 Å². The minimum atomic E-state index is -0.469. The minimum Gasteiger partial charge on any atom is -0.466 e. The van der Waals surface area contributed by atoms with E-state index in [1.165, 1.54) is 11.3 Å². The maximum Gasteiger partial charge on any atom is 0.350 e. The zero-order valence-electron chi connectivity index (χ0n) is 18.2. The third kappa shape index (κ3) is 6.31. The Morgan fingerprint density at radius 3 is 2.38 bits per heavy atom. The Morgan fingerprint density at radius 2 is 1.75 bits per heavy atom. The Balaban J connectivity index is 1.66. The largest absolute Gasteiger partial charge is 0.466 e. The van der Waals surface area contributed by atoms with E-state index in [9.17, 15) is 14.4 Å². The number of hydrogen-bond acceptors (Lipinski definition) is 7. The van der Waals surface area contributed by atoms with Crippen LogP contribution in [-0.2, 0) is 19.1 Å². The third-order valence-electron chi connectivity index (χ3n) is 5.17. The maximum atomic E-state index is 12.7. The fraction of sp³-hybridized carbons (Fsp3) is 0.435. The fourth-order valence-corrected chi connectivity index (χ4v) is 4.71. The highest BCUT2D eigenvalue weighted by Gasteiger charge is 2.27. The number of piperidine rings is 1. The lowest BCUT2D eigenvalue weighted by molar-refractivity contribution is -0.149. The van der Waals surface area contributed by atoms with Crippen molar-refractivity contribution >= 4 is 46.5 Å². The second-order valence-electron chi connectivity index (χ2n) is 7.43. The van der Waals surface area contributed by atoms with Gasteiger partial charge in [-0.2, -0.15) is 0 Å². The first kappa shape index (κ1) is 24.2. The number of nitrogens with one attached hydrogen (secondary N) is 1. The molecule has 3 rings (SSSR count). The van der Waals surface area contributed by atoms with Gasteiger partial charge in [-0.25, -0.2) is 4.79 Å². The van der Waals surface area contributed by atoms with Crippen molar-refractivity contribution in [2.75, 3.05) is 38.2 Å². The smallest absolute Gasteiger partial charge is 0.350 e. The van der Waals surface area contributed by atoms with Gasteiger partial charge in [0.05, 0.1) is 31.4 Å². The average Bonchev–Trinajstić information content (AvgIpc) is 3.18. The van der Waals surface area contributed by atoms with Crippen LogP contribution in [0.5, 0.6) is 0 Å². The molecule has 1 aromatic carbocycles. The van der Waals surface area contributed by atoms with Crippen LogP contribution in [0.3, 0.4) is 0 Å². The van der Waals surface area contributed by atoms with Crippen molar-refractivity contribution < 1.29 is 23.9 Å². The Bertz CT molecular complexity index is 952. The first-order chi connectivity index (χ1) is 15.4. The van der Waals surface area contributed by atoms with Crippen LogP contribution in [0.25, 0.3) is 10.4 Å². The number of halogens is 1. The molecule has 2 heterocycles. The predicted octanol–water partition coefficient (Wildman–Crippen LogP) is 4.46. The molecule has 9 heteroatoms. The molecule has 1 fully saturated rings. The number of nitrogens with zero attached hydrogens (tertiary/aromatic N) is 1. The molecule has 1 saturated heterocycles. The number of carbonyl (C=O) groups is 3. The highest BCUT2D eigenvalue weighted by Crippen LogP contribution is 2.36. The van der Waals surface area contributed by atoms with Crippen molar-refractivity contribution in [2.45, 2.75) is 26.7 Å². The summed E-state index contributed by atoms with van der Waals surface area (Å²) in [5.74, 6) is -0.957. The van der Waals surface area contributed by atoms with Gasteiger partial charge in [0.1, 0.15) is 4.88 Å². The quantitative estimate of drug-likeness (QED) is 0.564. The number of anilines is 1. The number of carbonyl (C=O) groups excluding carboxylic acids is 3. The summed E-state index contributed by atoms with van der Waals surface area (Å²) in [5.41, 5.74) is 1.33. The monoisotopic (exact) mass is 478 g/mol. The molecule has 1 aliphatic heterocycles. The summed E-state index contributed by atoms with van der Waals surface area (Å²) in [6.07, 6.45) is 1.33. The fourth-order valence-electron chi connectivity index (χ4n) is 3.57. The maximum absolute atomic E-state index is 12.7. The van der Waals surface area contributed by atoms with Crippen LogP contribution >= 0.6 is 22.9 Å². The van der Waals surface area contributed by atoms with E-state index >= 15 is 0 Å². The number of esters is 2. The predicted molar refractivity (Wildman–Crippen MR) is 125 cm³/mol. The highest BCUT2D eigenvalue weighted by molar-refractivity contribution is 7.18. The van der Waals surface area contributed by atoms with Crippen LogP contribution in [0.1, 0.15) is 36.4 Å². The van der Waals surface area contributed by atoms with E-state index in [1.807, 2.05) is 17.0 Å². The Hall–Kier alpha value is -2.42. The van der Waals surface area contributed by atoms with Gasteiger partial charge in [0.15, 0.2) is 0 Å². The average molecular weight is 479 g/mol. The van der Waals surface area contributed by atoms with E-state index < -0.39 is 5.97 Å². The van der Waals surface area contributed by atoms with Crippen LogP contribution in [0.4, 0.5) is 5.69 Å². The van der Waals surface area contributed by atoms with Crippen molar-refractivity contribution in [1.29, 1.82) is 0 Å². The molecule has 1 aromatic heterocycles. The molecule has 32 heavy (non-hydrogen) atoms. The molecular formula is C23H27ClN2O5S. The van der Waals surface area contributed by atoms with Crippen LogP contribution in [-0.4, -0.2) is 55.6 Å². The Morgan fingerprint density at radius 1 is 1.09 bits per heavy atom. The van der Waals surface area contributed by atoms with E-state index in [2.05, 4.69) is 5.32 Å². The van der Waals surface area contributed by atoms with E-state index in [0.29, 0.717) is 48.1 Å². The number of likely N-dealkylation sites (tertiary alicyclic amines) is 1. The number of thiophene rings is 1. The second kappa shape index (κ2) is 11.4. The van der Waals surface area contributed by atoms with Crippen LogP contribution < -0.4 is 5.32 Å². The lowest BCUT2D eigenvalue weighted by Crippen LogP contribution is -2.41. The Kier molecular flexibility index (Phi) is 8.67. The first-order valence-electron chi connectivity index (χ1n) is 10.7. The van der Waals surface area contributed by atoms with Crippen LogP contribution in [0.15, 0.2) is 30.3 Å². The number of amides is 1. The van der Waals surface area contributed by atoms with E-state index in [1.54, 1.807) is 32.0 Å². The number of benzene rings is 1. The summed E-state index contributed by atoms with van der Waals surface area (Å²) in [7, 11) is 0. The van der Waals surface area contributed by atoms with Gasteiger partial charge >= 0.3 is 11.9 Å².